The summed E-state index contributed by atoms with van der Waals surface area (Å²) in [6.45, 7) is -0.184. The molecule has 0 fully saturated rings. The Morgan fingerprint density at radius 1 is 1.43 bits per heavy atom. The SMILES string of the molecule is CN(C)C(=O)COc1ccc(S(=O)(=O)Nc2nccs2)cc1Cl. The minimum atomic E-state index is -3.78. The van der Waals surface area contributed by atoms with Gasteiger partial charge in [-0.15, -0.1) is 11.3 Å². The maximum atomic E-state index is 12.2. The van der Waals surface area contributed by atoms with E-state index in [0.717, 1.165) is 11.3 Å². The Kier molecular flexibility index (Phi) is 5.45. The number of anilines is 1. The number of amides is 1. The smallest absolute Gasteiger partial charge is 0.263 e. The fourth-order valence-corrected chi connectivity index (χ4v) is 3.60. The maximum Gasteiger partial charge on any atom is 0.263 e. The van der Waals surface area contributed by atoms with Gasteiger partial charge in [-0.05, 0) is 18.2 Å². The van der Waals surface area contributed by atoms with Crippen LogP contribution < -0.4 is 9.46 Å². The van der Waals surface area contributed by atoms with Crippen molar-refractivity contribution in [3.8, 4) is 5.75 Å². The van der Waals surface area contributed by atoms with E-state index in [1.807, 2.05) is 0 Å². The summed E-state index contributed by atoms with van der Waals surface area (Å²) >= 11 is 7.19. The number of hydrogen-bond donors (Lipinski definition) is 1. The predicted octanol–water partition coefficient (Wildman–Crippen LogP) is 2.06. The normalized spacial score (nSPS) is 11.1. The first kappa shape index (κ1) is 17.5. The molecule has 0 atom stereocenters. The van der Waals surface area contributed by atoms with Gasteiger partial charge in [-0.2, -0.15) is 0 Å². The second kappa shape index (κ2) is 7.16. The molecular formula is C13H14ClN3O4S2. The summed E-state index contributed by atoms with van der Waals surface area (Å²) in [6.07, 6.45) is 1.49. The highest BCUT2D eigenvalue weighted by Crippen LogP contribution is 2.28. The molecule has 0 aliphatic rings. The van der Waals surface area contributed by atoms with Gasteiger partial charge in [-0.3, -0.25) is 9.52 Å². The van der Waals surface area contributed by atoms with Crippen molar-refractivity contribution in [3.63, 3.8) is 0 Å². The lowest BCUT2D eigenvalue weighted by molar-refractivity contribution is -0.130. The Labute approximate surface area is 142 Å². The number of nitrogens with one attached hydrogen (secondary N) is 1. The van der Waals surface area contributed by atoms with Gasteiger partial charge in [0.25, 0.3) is 15.9 Å². The van der Waals surface area contributed by atoms with E-state index in [-0.39, 0.29) is 33.3 Å². The Morgan fingerprint density at radius 2 is 2.17 bits per heavy atom. The fourth-order valence-electron chi connectivity index (χ4n) is 1.48. The molecule has 0 unspecified atom stereocenters. The van der Waals surface area contributed by atoms with Crippen molar-refractivity contribution < 1.29 is 17.9 Å². The summed E-state index contributed by atoms with van der Waals surface area (Å²) in [5, 5.41) is 2.01. The third-order valence-corrected chi connectivity index (χ3v) is 5.17. The average Bonchev–Trinajstić information content (AvgIpc) is 2.97. The number of carbonyl (C=O) groups is 1. The van der Waals surface area contributed by atoms with Crippen LogP contribution >= 0.6 is 22.9 Å². The van der Waals surface area contributed by atoms with Crippen molar-refractivity contribution >= 4 is 44.0 Å². The number of thiazole rings is 1. The van der Waals surface area contributed by atoms with Crippen LogP contribution in [-0.4, -0.2) is 44.9 Å². The van der Waals surface area contributed by atoms with E-state index >= 15 is 0 Å². The summed E-state index contributed by atoms with van der Waals surface area (Å²) in [7, 11) is -0.576. The number of nitrogens with zero attached hydrogens (tertiary/aromatic N) is 2. The lowest BCUT2D eigenvalue weighted by Crippen LogP contribution is -2.27. The molecule has 2 aromatic rings. The van der Waals surface area contributed by atoms with Crippen LogP contribution in [0.1, 0.15) is 0 Å². The van der Waals surface area contributed by atoms with Gasteiger partial charge in [0.05, 0.1) is 9.92 Å². The Balaban J connectivity index is 2.13. The third-order valence-electron chi connectivity index (χ3n) is 2.72. The Hall–Kier alpha value is -1.84. The topological polar surface area (TPSA) is 88.6 Å². The van der Waals surface area contributed by atoms with Crippen LogP contribution in [0.4, 0.5) is 5.13 Å². The number of rotatable bonds is 6. The van der Waals surface area contributed by atoms with Gasteiger partial charge < -0.3 is 9.64 Å². The molecule has 1 heterocycles. The van der Waals surface area contributed by atoms with Crippen LogP contribution in [-0.2, 0) is 14.8 Å². The molecule has 0 saturated carbocycles. The second-order valence-electron chi connectivity index (χ2n) is 4.61. The van der Waals surface area contributed by atoms with Crippen molar-refractivity contribution in [2.45, 2.75) is 4.90 Å². The van der Waals surface area contributed by atoms with Crippen molar-refractivity contribution in [2.24, 2.45) is 0 Å². The van der Waals surface area contributed by atoms with E-state index < -0.39 is 10.0 Å². The number of carbonyl (C=O) groups excluding carboxylic acids is 1. The van der Waals surface area contributed by atoms with E-state index in [1.54, 1.807) is 19.5 Å². The van der Waals surface area contributed by atoms with E-state index in [1.165, 1.54) is 29.3 Å². The Bertz CT molecular complexity index is 792. The quantitative estimate of drug-likeness (QED) is 0.834. The molecule has 2 rings (SSSR count). The van der Waals surface area contributed by atoms with E-state index in [4.69, 9.17) is 16.3 Å². The minimum absolute atomic E-state index is 0.0241. The monoisotopic (exact) mass is 375 g/mol. The zero-order valence-corrected chi connectivity index (χ0v) is 14.7. The zero-order valence-electron chi connectivity index (χ0n) is 12.3. The van der Waals surface area contributed by atoms with Gasteiger partial charge in [0.1, 0.15) is 5.75 Å². The lowest BCUT2D eigenvalue weighted by Gasteiger charge is -2.13. The van der Waals surface area contributed by atoms with Crippen LogP contribution in [0.25, 0.3) is 0 Å². The van der Waals surface area contributed by atoms with Crippen molar-refractivity contribution in [2.75, 3.05) is 25.4 Å². The van der Waals surface area contributed by atoms with Crippen LogP contribution in [0.5, 0.6) is 5.75 Å². The van der Waals surface area contributed by atoms with E-state index in [0.29, 0.717) is 0 Å². The number of halogens is 1. The van der Waals surface area contributed by atoms with Gasteiger partial charge in [0, 0.05) is 25.7 Å². The van der Waals surface area contributed by atoms with Crippen LogP contribution in [0, 0.1) is 0 Å². The van der Waals surface area contributed by atoms with Gasteiger partial charge in [0.2, 0.25) is 0 Å². The third kappa shape index (κ3) is 4.57. The number of sulfonamides is 1. The number of aromatic nitrogens is 1. The summed E-state index contributed by atoms with van der Waals surface area (Å²) in [5.74, 6) is -0.00161. The molecule has 0 radical (unpaired) electrons. The molecule has 7 nitrogen and oxygen atoms in total. The van der Waals surface area contributed by atoms with Crippen molar-refractivity contribution in [1.82, 2.24) is 9.88 Å². The molecule has 1 amide bonds. The number of likely N-dealkylation sites (N-methyl/N-ethyl adjacent to an activating group) is 1. The molecular weight excluding hydrogens is 362 g/mol. The second-order valence-corrected chi connectivity index (χ2v) is 7.60. The van der Waals surface area contributed by atoms with Gasteiger partial charge in [-0.25, -0.2) is 13.4 Å². The molecule has 1 aromatic carbocycles. The van der Waals surface area contributed by atoms with Crippen molar-refractivity contribution in [3.05, 3.63) is 34.8 Å². The molecule has 0 bridgehead atoms. The largest absolute Gasteiger partial charge is 0.482 e. The highest BCUT2D eigenvalue weighted by atomic mass is 35.5. The first-order chi connectivity index (χ1) is 10.8. The van der Waals surface area contributed by atoms with Crippen molar-refractivity contribution in [1.29, 1.82) is 0 Å². The number of benzene rings is 1. The van der Waals surface area contributed by atoms with E-state index in [2.05, 4.69) is 9.71 Å². The first-order valence-corrected chi connectivity index (χ1v) is 9.08. The zero-order chi connectivity index (χ0) is 17.0. The summed E-state index contributed by atoms with van der Waals surface area (Å²) in [4.78, 5) is 16.7. The van der Waals surface area contributed by atoms with Crippen LogP contribution in [0.15, 0.2) is 34.7 Å². The molecule has 0 aliphatic carbocycles. The summed E-state index contributed by atoms with van der Waals surface area (Å²) < 4.78 is 32.1. The standard InChI is InChI=1S/C13H14ClN3O4S2/c1-17(2)12(18)8-21-11-4-3-9(7-10(11)14)23(19,20)16-13-15-5-6-22-13/h3-7H,8H2,1-2H3,(H,15,16). The Morgan fingerprint density at radius 3 is 2.74 bits per heavy atom. The fraction of sp³-hybridized carbons (Fsp3) is 0.231. The van der Waals surface area contributed by atoms with E-state index in [9.17, 15) is 13.2 Å². The van der Waals surface area contributed by atoms with Gasteiger partial charge in [-0.1, -0.05) is 11.6 Å². The molecule has 23 heavy (non-hydrogen) atoms. The first-order valence-electron chi connectivity index (χ1n) is 6.34. The predicted molar refractivity (Wildman–Crippen MR) is 88.6 cm³/mol. The lowest BCUT2D eigenvalue weighted by atomic mass is 10.3. The van der Waals surface area contributed by atoms with Gasteiger partial charge >= 0.3 is 0 Å². The summed E-state index contributed by atoms with van der Waals surface area (Å²) in [6, 6.07) is 4.01. The molecule has 124 valence electrons. The molecule has 0 aliphatic heterocycles. The molecule has 1 N–H and O–H groups in total. The minimum Gasteiger partial charge on any atom is -0.482 e. The maximum absolute atomic E-state index is 12.2. The molecule has 10 heteroatoms. The molecule has 0 spiro atoms. The molecule has 1 aromatic heterocycles. The highest BCUT2D eigenvalue weighted by molar-refractivity contribution is 7.93. The van der Waals surface area contributed by atoms with Crippen LogP contribution in [0.3, 0.4) is 0 Å². The number of ether oxygens (including phenoxy) is 1. The van der Waals surface area contributed by atoms with Crippen LogP contribution in [0.2, 0.25) is 5.02 Å². The van der Waals surface area contributed by atoms with Gasteiger partial charge in [0.15, 0.2) is 11.7 Å². The summed E-state index contributed by atoms with van der Waals surface area (Å²) in [5.41, 5.74) is 0. The number of hydrogen-bond acceptors (Lipinski definition) is 6. The molecule has 0 saturated heterocycles. The average molecular weight is 376 g/mol. The highest BCUT2D eigenvalue weighted by Gasteiger charge is 2.18.